The highest BCUT2D eigenvalue weighted by Crippen LogP contribution is 2.25. The second kappa shape index (κ2) is 6.27. The summed E-state index contributed by atoms with van der Waals surface area (Å²) in [5, 5.41) is 25.5. The molecule has 1 aromatic heterocycles. The topological polar surface area (TPSA) is 113 Å². The van der Waals surface area contributed by atoms with Crippen molar-refractivity contribution in [1.29, 1.82) is 0 Å². The van der Waals surface area contributed by atoms with Crippen molar-refractivity contribution in [2.24, 2.45) is 12.8 Å². The van der Waals surface area contributed by atoms with E-state index < -0.39 is 6.04 Å². The molecule has 0 saturated heterocycles. The molecular weight excluding hydrogens is 272 g/mol. The number of hydrogen-bond acceptors (Lipinski definition) is 5. The van der Waals surface area contributed by atoms with Crippen molar-refractivity contribution in [2.45, 2.75) is 19.0 Å². The van der Waals surface area contributed by atoms with Gasteiger partial charge >= 0.3 is 0 Å². The molecule has 0 aliphatic heterocycles. The molecule has 0 unspecified atom stereocenters. The van der Waals surface area contributed by atoms with Gasteiger partial charge in [-0.3, -0.25) is 9.48 Å². The predicted molar refractivity (Wildman–Crippen MR) is 76.5 cm³/mol. The van der Waals surface area contributed by atoms with Crippen LogP contribution in [0.1, 0.15) is 11.3 Å². The fraction of sp³-hybridized carbons (Fsp3) is 0.286. The maximum absolute atomic E-state index is 11.9. The molecule has 21 heavy (non-hydrogen) atoms. The molecule has 1 heterocycles. The number of amides is 1. The molecule has 1 atom stereocenters. The lowest BCUT2D eigenvalue weighted by molar-refractivity contribution is -0.122. The van der Waals surface area contributed by atoms with Gasteiger partial charge in [0.2, 0.25) is 5.91 Å². The number of carbonyl (C=O) groups is 1. The first-order valence-electron chi connectivity index (χ1n) is 6.48. The van der Waals surface area contributed by atoms with Gasteiger partial charge in [0.05, 0.1) is 18.3 Å². The standard InChI is InChI=1S/C14H18N4O3/c1-18-5-4-10(17-18)8-16-14(21)11(15)6-9-2-3-12(19)13(20)7-9/h2-5,7,11,19-20H,6,8,15H2,1H3,(H,16,21)/t11-/m0/s1. The van der Waals surface area contributed by atoms with E-state index >= 15 is 0 Å². The Labute approximate surface area is 122 Å². The number of rotatable bonds is 5. The first-order valence-corrected chi connectivity index (χ1v) is 6.48. The van der Waals surface area contributed by atoms with Gasteiger partial charge in [0.25, 0.3) is 0 Å². The normalized spacial score (nSPS) is 12.1. The predicted octanol–water partition coefficient (Wildman–Crippen LogP) is 0.0175. The summed E-state index contributed by atoms with van der Waals surface area (Å²) in [6.07, 6.45) is 2.06. The largest absolute Gasteiger partial charge is 0.504 e. The smallest absolute Gasteiger partial charge is 0.237 e. The van der Waals surface area contributed by atoms with Gasteiger partial charge < -0.3 is 21.3 Å². The zero-order valence-electron chi connectivity index (χ0n) is 11.7. The van der Waals surface area contributed by atoms with Crippen molar-refractivity contribution < 1.29 is 15.0 Å². The van der Waals surface area contributed by atoms with Crippen LogP contribution in [0, 0.1) is 0 Å². The van der Waals surface area contributed by atoms with Crippen molar-refractivity contribution in [3.63, 3.8) is 0 Å². The number of nitrogens with two attached hydrogens (primary N) is 1. The number of nitrogens with one attached hydrogen (secondary N) is 1. The first-order chi connectivity index (χ1) is 9.95. The maximum atomic E-state index is 11.9. The number of hydrogen-bond donors (Lipinski definition) is 4. The number of benzene rings is 1. The summed E-state index contributed by atoms with van der Waals surface area (Å²) in [5.74, 6) is -0.728. The second-order valence-electron chi connectivity index (χ2n) is 4.83. The molecule has 0 fully saturated rings. The van der Waals surface area contributed by atoms with Crippen LogP contribution in [0.15, 0.2) is 30.5 Å². The molecule has 1 aromatic carbocycles. The molecule has 5 N–H and O–H groups in total. The number of carbonyl (C=O) groups excluding carboxylic acids is 1. The van der Waals surface area contributed by atoms with Gasteiger partial charge in [-0.2, -0.15) is 5.10 Å². The number of phenolic OH excluding ortho intramolecular Hbond substituents is 2. The molecule has 0 saturated carbocycles. The lowest BCUT2D eigenvalue weighted by atomic mass is 10.1. The summed E-state index contributed by atoms with van der Waals surface area (Å²) in [6, 6.07) is 5.44. The van der Waals surface area contributed by atoms with Gasteiger partial charge in [0.1, 0.15) is 0 Å². The molecule has 7 nitrogen and oxygen atoms in total. The third kappa shape index (κ3) is 3.96. The third-order valence-corrected chi connectivity index (χ3v) is 3.04. The SMILES string of the molecule is Cn1ccc(CNC(=O)[C@@H](N)Cc2ccc(O)c(O)c2)n1. The number of aryl methyl sites for hydroxylation is 1. The van der Waals surface area contributed by atoms with Crippen LogP contribution in [0.25, 0.3) is 0 Å². The summed E-state index contributed by atoms with van der Waals surface area (Å²) in [5.41, 5.74) is 7.25. The quantitative estimate of drug-likeness (QED) is 0.580. The minimum atomic E-state index is -0.738. The van der Waals surface area contributed by atoms with Gasteiger partial charge in [-0.25, -0.2) is 0 Å². The molecular formula is C14H18N4O3. The van der Waals surface area contributed by atoms with Gasteiger partial charge in [-0.15, -0.1) is 0 Å². The Balaban J connectivity index is 1.88. The van der Waals surface area contributed by atoms with Crippen LogP contribution in [0.4, 0.5) is 0 Å². The zero-order valence-corrected chi connectivity index (χ0v) is 11.7. The average Bonchev–Trinajstić information content (AvgIpc) is 2.86. The van der Waals surface area contributed by atoms with E-state index in [0.29, 0.717) is 12.1 Å². The zero-order chi connectivity index (χ0) is 15.4. The van der Waals surface area contributed by atoms with E-state index in [1.165, 1.54) is 12.1 Å². The van der Waals surface area contributed by atoms with Crippen LogP contribution in [0.5, 0.6) is 11.5 Å². The number of nitrogens with zero attached hydrogens (tertiary/aromatic N) is 2. The molecule has 112 valence electrons. The number of aromatic hydroxyl groups is 2. The van der Waals surface area contributed by atoms with Crippen LogP contribution in [0.2, 0.25) is 0 Å². The van der Waals surface area contributed by atoms with Gasteiger partial charge in [0.15, 0.2) is 11.5 Å². The summed E-state index contributed by atoms with van der Waals surface area (Å²) in [4.78, 5) is 11.9. The van der Waals surface area contributed by atoms with E-state index in [9.17, 15) is 15.0 Å². The summed E-state index contributed by atoms with van der Waals surface area (Å²) in [6.45, 7) is 0.314. The summed E-state index contributed by atoms with van der Waals surface area (Å²) >= 11 is 0. The molecule has 7 heteroatoms. The Morgan fingerprint density at radius 1 is 1.38 bits per heavy atom. The Hall–Kier alpha value is -2.54. The number of phenols is 2. The molecule has 2 aromatic rings. The minimum absolute atomic E-state index is 0.202. The summed E-state index contributed by atoms with van der Waals surface area (Å²) in [7, 11) is 1.80. The Bertz CT molecular complexity index is 639. The molecule has 0 aliphatic rings. The molecule has 0 spiro atoms. The average molecular weight is 290 g/mol. The molecule has 0 aliphatic carbocycles. The van der Waals surface area contributed by atoms with Crippen LogP contribution in [-0.2, 0) is 24.8 Å². The highest BCUT2D eigenvalue weighted by molar-refractivity contribution is 5.81. The Kier molecular flexibility index (Phi) is 4.44. The lowest BCUT2D eigenvalue weighted by Gasteiger charge is -2.12. The van der Waals surface area contributed by atoms with E-state index in [2.05, 4.69) is 10.4 Å². The molecule has 1 amide bonds. The number of aromatic nitrogens is 2. The van der Waals surface area contributed by atoms with Crippen molar-refractivity contribution in [1.82, 2.24) is 15.1 Å². The maximum Gasteiger partial charge on any atom is 0.237 e. The van der Waals surface area contributed by atoms with E-state index in [-0.39, 0.29) is 23.8 Å². The third-order valence-electron chi connectivity index (χ3n) is 3.04. The highest BCUT2D eigenvalue weighted by Gasteiger charge is 2.15. The van der Waals surface area contributed by atoms with E-state index in [1.54, 1.807) is 24.0 Å². The fourth-order valence-electron chi connectivity index (χ4n) is 1.91. The van der Waals surface area contributed by atoms with Gasteiger partial charge in [-0.1, -0.05) is 6.07 Å². The fourth-order valence-corrected chi connectivity index (χ4v) is 1.91. The molecule has 2 rings (SSSR count). The Morgan fingerprint density at radius 2 is 2.14 bits per heavy atom. The van der Waals surface area contributed by atoms with Gasteiger partial charge in [0, 0.05) is 13.2 Å². The van der Waals surface area contributed by atoms with Crippen molar-refractivity contribution in [3.05, 3.63) is 41.7 Å². The van der Waals surface area contributed by atoms with Crippen LogP contribution >= 0.6 is 0 Å². The minimum Gasteiger partial charge on any atom is -0.504 e. The van der Waals surface area contributed by atoms with E-state index in [4.69, 9.17) is 5.73 Å². The van der Waals surface area contributed by atoms with Crippen LogP contribution in [-0.4, -0.2) is 31.9 Å². The van der Waals surface area contributed by atoms with Crippen molar-refractivity contribution >= 4 is 5.91 Å². The Morgan fingerprint density at radius 3 is 2.76 bits per heavy atom. The second-order valence-corrected chi connectivity index (χ2v) is 4.83. The van der Waals surface area contributed by atoms with Crippen molar-refractivity contribution in [3.8, 4) is 11.5 Å². The van der Waals surface area contributed by atoms with Gasteiger partial charge in [-0.05, 0) is 30.2 Å². The molecule has 0 bridgehead atoms. The first kappa shape index (κ1) is 14.9. The molecule has 0 radical (unpaired) electrons. The lowest BCUT2D eigenvalue weighted by Crippen LogP contribution is -2.41. The van der Waals surface area contributed by atoms with Crippen LogP contribution < -0.4 is 11.1 Å². The highest BCUT2D eigenvalue weighted by atomic mass is 16.3. The van der Waals surface area contributed by atoms with E-state index in [0.717, 1.165) is 5.69 Å². The van der Waals surface area contributed by atoms with Crippen LogP contribution in [0.3, 0.4) is 0 Å². The monoisotopic (exact) mass is 290 g/mol. The van der Waals surface area contributed by atoms with E-state index in [1.807, 2.05) is 6.07 Å². The summed E-state index contributed by atoms with van der Waals surface area (Å²) < 4.78 is 1.65. The van der Waals surface area contributed by atoms with Crippen molar-refractivity contribution in [2.75, 3.05) is 0 Å².